The first kappa shape index (κ1) is 81.8. The molecule has 28 nitrogen and oxygen atoms in total. The SMILES string of the molecule is C[C@@H]1CC(=O)Nc2ncnc(Cl)c21.C[C@@H]1CC(=O)Nc2ncnc(N3CCCCC3)c21.C[C@@H]1CC(=O)Nc2ncnc(N3CCCCC3)c21.C[C@@H]1CC(=O)Nc2ncnc(N3CCN(C(=O)C4(c5ccc(Cl)cc5)CCCCC4)CC3)c21.C[C@@H]1CC(=O)Nc2ncnc(N3CCN(C(=O)C4(c5ccc(Cl)cc5)CCCCC4)CC3)c21. The Morgan fingerprint density at radius 3 is 0.843 bits per heavy atom. The van der Waals surface area contributed by atoms with Crippen LogP contribution in [0.25, 0.3) is 0 Å². The third-order valence-corrected chi connectivity index (χ3v) is 25.4. The van der Waals surface area contributed by atoms with Crippen LogP contribution in [0.15, 0.2) is 80.2 Å². The van der Waals surface area contributed by atoms with Crippen LogP contribution >= 0.6 is 34.8 Å². The van der Waals surface area contributed by atoms with Gasteiger partial charge in [-0.3, -0.25) is 33.6 Å². The summed E-state index contributed by atoms with van der Waals surface area (Å²) >= 11 is 18.1. The first-order valence-electron chi connectivity index (χ1n) is 41.1. The molecule has 115 heavy (non-hydrogen) atoms. The van der Waals surface area contributed by atoms with E-state index in [9.17, 15) is 33.6 Å². The van der Waals surface area contributed by atoms with E-state index in [2.05, 4.69) is 110 Å². The normalized spacial score (nSPS) is 22.6. The quantitative estimate of drug-likeness (QED) is 0.0883. The number of aromatic nitrogens is 10. The molecule has 31 heteroatoms. The first-order valence-corrected chi connectivity index (χ1v) is 42.3. The van der Waals surface area contributed by atoms with Gasteiger partial charge in [-0.25, -0.2) is 49.8 Å². The fourth-order valence-electron chi connectivity index (χ4n) is 18.7. The Morgan fingerprint density at radius 2 is 0.557 bits per heavy atom. The van der Waals surface area contributed by atoms with Gasteiger partial charge >= 0.3 is 0 Å². The molecule has 2 saturated carbocycles. The van der Waals surface area contributed by atoms with Crippen LogP contribution < -0.4 is 46.2 Å². The summed E-state index contributed by atoms with van der Waals surface area (Å²) in [7, 11) is 0. The predicted octanol–water partition coefficient (Wildman–Crippen LogP) is 13.7. The van der Waals surface area contributed by atoms with Crippen molar-refractivity contribution in [2.75, 3.05) is 125 Å². The van der Waals surface area contributed by atoms with Gasteiger partial charge in [0.15, 0.2) is 0 Å². The summed E-state index contributed by atoms with van der Waals surface area (Å²) in [6.07, 6.45) is 27.6. The molecule has 11 aliphatic rings. The lowest BCUT2D eigenvalue weighted by molar-refractivity contribution is -0.140. The second-order valence-electron chi connectivity index (χ2n) is 32.5. The van der Waals surface area contributed by atoms with Crippen molar-refractivity contribution >= 4 is 129 Å². The lowest BCUT2D eigenvalue weighted by Gasteiger charge is -2.44. The zero-order chi connectivity index (χ0) is 80.5. The molecule has 0 spiro atoms. The highest BCUT2D eigenvalue weighted by molar-refractivity contribution is 6.31. The Labute approximate surface area is 686 Å². The van der Waals surface area contributed by atoms with Gasteiger partial charge in [-0.15, -0.1) is 0 Å². The molecule has 7 aromatic rings. The first-order chi connectivity index (χ1) is 55.6. The highest BCUT2D eigenvalue weighted by Crippen LogP contribution is 2.47. The molecular weight excluding hydrogens is 1520 g/mol. The van der Waals surface area contributed by atoms with E-state index in [0.717, 1.165) is 140 Å². The number of nitrogens with one attached hydrogen (secondary N) is 5. The monoisotopic (exact) mass is 1620 g/mol. The molecule has 4 saturated heterocycles. The number of nitrogens with zero attached hydrogens (tertiary/aromatic N) is 16. The van der Waals surface area contributed by atoms with E-state index in [0.29, 0.717) is 129 Å². The summed E-state index contributed by atoms with van der Waals surface area (Å²) in [4.78, 5) is 142. The Kier molecular flexibility index (Phi) is 26.0. The van der Waals surface area contributed by atoms with E-state index in [-0.39, 0.29) is 70.9 Å². The molecule has 0 radical (unpaired) electrons. The number of fused-ring (bicyclic) bond motifs is 5. The van der Waals surface area contributed by atoms with Crippen LogP contribution in [0.2, 0.25) is 15.2 Å². The lowest BCUT2D eigenvalue weighted by atomic mass is 9.68. The standard InChI is InChI=1S/2C25H30ClN5O2.2C13H18N4O.C8H8ClN3O/c2*1-17-15-20(32)29-22-21(17)23(28-16-27-22)30-11-13-31(14-12-30)24(33)25(9-3-2-4-10-25)18-5-7-19(26)8-6-18;2*1-9-7-10(18)16-12-11(9)13(15-8-14-12)17-5-3-2-4-6-17;1-4-2-5(13)12-8-6(4)7(9)10-3-11-8/h2*5-8,16-17H,2-4,9-15H2,1H3,(H,27,28,29,32);2*8-9H,2-7H2,1H3,(H,14,15,16,18);3-4H,2H2,1H3,(H,10,11,12,13)/t2*17-;2*9-;4-/m11111/s1. The van der Waals surface area contributed by atoms with Crippen molar-refractivity contribution in [3.63, 3.8) is 0 Å². The van der Waals surface area contributed by atoms with Crippen LogP contribution in [-0.4, -0.2) is 180 Å². The van der Waals surface area contributed by atoms with Gasteiger partial charge in [-0.05, 0) is 129 Å². The second kappa shape index (κ2) is 36.6. The number of piperidine rings is 2. The number of benzene rings is 2. The molecule has 0 bridgehead atoms. The summed E-state index contributed by atoms with van der Waals surface area (Å²) in [6.45, 7) is 19.9. The Morgan fingerprint density at radius 1 is 0.313 bits per heavy atom. The smallest absolute Gasteiger partial charge is 0.233 e. The van der Waals surface area contributed by atoms with E-state index in [1.807, 2.05) is 79.1 Å². The fourth-order valence-corrected chi connectivity index (χ4v) is 19.2. The zero-order valence-corrected chi connectivity index (χ0v) is 68.6. The topological polar surface area (TPSA) is 328 Å². The van der Waals surface area contributed by atoms with Gasteiger partial charge in [0.1, 0.15) is 89.2 Å². The second-order valence-corrected chi connectivity index (χ2v) is 33.7. The number of hydrogen-bond donors (Lipinski definition) is 5. The maximum absolute atomic E-state index is 13.9. The van der Waals surface area contributed by atoms with E-state index in [4.69, 9.17) is 34.8 Å². The van der Waals surface area contributed by atoms with Gasteiger partial charge < -0.3 is 56.0 Å². The van der Waals surface area contributed by atoms with Gasteiger partial charge in [0.05, 0.1) is 10.8 Å². The zero-order valence-electron chi connectivity index (χ0n) is 66.4. The number of carbonyl (C=O) groups excluding carboxylic acids is 7. The number of piperazine rings is 2. The molecule has 7 amide bonds. The minimum absolute atomic E-state index is 0.00459. The molecule has 6 fully saturated rings. The minimum Gasteiger partial charge on any atom is -0.356 e. The summed E-state index contributed by atoms with van der Waals surface area (Å²) in [5, 5.41) is 15.9. The van der Waals surface area contributed by atoms with Crippen molar-refractivity contribution in [1.82, 2.24) is 59.6 Å². The summed E-state index contributed by atoms with van der Waals surface area (Å²) in [6, 6.07) is 15.7. The summed E-state index contributed by atoms with van der Waals surface area (Å²) < 4.78 is 0. The molecule has 2 aromatic carbocycles. The van der Waals surface area contributed by atoms with Crippen molar-refractivity contribution in [3.05, 3.63) is 134 Å². The van der Waals surface area contributed by atoms with Crippen LogP contribution in [0, 0.1) is 0 Å². The maximum Gasteiger partial charge on any atom is 0.233 e. The van der Waals surface area contributed by atoms with Crippen LogP contribution in [0.5, 0.6) is 0 Å². The Hall–Kier alpha value is -9.80. The largest absolute Gasteiger partial charge is 0.356 e. The number of anilines is 9. The van der Waals surface area contributed by atoms with Gasteiger partial charge in [0.2, 0.25) is 41.4 Å². The Balaban J connectivity index is 0.000000124. The average Bonchev–Trinajstić information content (AvgIpc) is 0.765. The fraction of sp³-hybridized carbons (Fsp3) is 0.536. The third kappa shape index (κ3) is 18.3. The number of hydrogen-bond acceptors (Lipinski definition) is 21. The van der Waals surface area contributed by atoms with E-state index in [1.165, 1.54) is 70.3 Å². The van der Waals surface area contributed by atoms with Crippen molar-refractivity contribution in [1.29, 1.82) is 0 Å². The maximum atomic E-state index is 13.9. The number of halogens is 3. The van der Waals surface area contributed by atoms with Crippen LogP contribution in [-0.2, 0) is 44.4 Å². The van der Waals surface area contributed by atoms with Crippen LogP contribution in [0.1, 0.15) is 238 Å². The van der Waals surface area contributed by atoms with Crippen LogP contribution in [0.3, 0.4) is 0 Å². The number of carbonyl (C=O) groups is 7. The molecule has 0 unspecified atom stereocenters. The molecule has 5 N–H and O–H groups in total. The molecule has 5 atom stereocenters. The van der Waals surface area contributed by atoms with E-state index in [1.54, 1.807) is 12.7 Å². The van der Waals surface area contributed by atoms with Crippen molar-refractivity contribution in [2.45, 2.75) is 210 Å². The molecule has 2 aliphatic carbocycles. The Bertz CT molecular complexity index is 4440. The number of amides is 7. The summed E-state index contributed by atoms with van der Waals surface area (Å²) in [5.74, 6) is 8.19. The highest BCUT2D eigenvalue weighted by Gasteiger charge is 2.47. The predicted molar refractivity (Wildman–Crippen MR) is 446 cm³/mol. The van der Waals surface area contributed by atoms with E-state index < -0.39 is 10.8 Å². The van der Waals surface area contributed by atoms with Gasteiger partial charge in [-0.2, -0.15) is 0 Å². The number of rotatable bonds is 8. The molecule has 9 aliphatic heterocycles. The van der Waals surface area contributed by atoms with Crippen molar-refractivity contribution < 1.29 is 33.6 Å². The molecular formula is C84H104Cl3N21O7. The molecule has 14 heterocycles. The van der Waals surface area contributed by atoms with E-state index >= 15 is 0 Å². The minimum atomic E-state index is -0.447. The lowest BCUT2D eigenvalue weighted by Crippen LogP contribution is -2.55. The van der Waals surface area contributed by atoms with Crippen LogP contribution in [0.4, 0.5) is 52.4 Å². The van der Waals surface area contributed by atoms with Crippen molar-refractivity contribution in [2.24, 2.45) is 0 Å². The average molecular weight is 1630 g/mol. The van der Waals surface area contributed by atoms with Gasteiger partial charge in [0, 0.05) is 149 Å². The highest BCUT2D eigenvalue weighted by atomic mass is 35.5. The summed E-state index contributed by atoms with van der Waals surface area (Å²) in [5.41, 5.74) is 6.35. The molecule has 18 rings (SSSR count). The molecule has 608 valence electrons. The van der Waals surface area contributed by atoms with Crippen molar-refractivity contribution in [3.8, 4) is 0 Å². The van der Waals surface area contributed by atoms with Gasteiger partial charge in [0.25, 0.3) is 0 Å². The molecule has 5 aromatic heterocycles. The third-order valence-electron chi connectivity index (χ3n) is 24.6. The van der Waals surface area contributed by atoms with Gasteiger partial charge in [-0.1, -0.05) is 132 Å².